The highest BCUT2D eigenvalue weighted by Crippen LogP contribution is 2.18. The van der Waals surface area contributed by atoms with Crippen molar-refractivity contribution < 1.29 is 14.7 Å². The van der Waals surface area contributed by atoms with Crippen LogP contribution in [0.2, 0.25) is 0 Å². The number of rotatable bonds is 5. The fraction of sp³-hybridized carbons (Fsp3) is 0.500. The zero-order valence-electron chi connectivity index (χ0n) is 12.6. The third-order valence-electron chi connectivity index (χ3n) is 3.97. The Kier molecular flexibility index (Phi) is 4.83. The molecule has 1 N–H and O–H groups in total. The van der Waals surface area contributed by atoms with E-state index >= 15 is 0 Å². The van der Waals surface area contributed by atoms with Crippen LogP contribution in [0.3, 0.4) is 0 Å². The van der Waals surface area contributed by atoms with Gasteiger partial charge in [-0.05, 0) is 30.5 Å². The molecule has 0 aliphatic carbocycles. The quantitative estimate of drug-likeness (QED) is 0.895. The van der Waals surface area contributed by atoms with Gasteiger partial charge in [0.05, 0.1) is 5.92 Å². The highest BCUT2D eigenvalue weighted by Gasteiger charge is 2.30. The van der Waals surface area contributed by atoms with E-state index in [1.54, 1.807) is 4.90 Å². The molecule has 1 saturated heterocycles. The lowest BCUT2D eigenvalue weighted by atomic mass is 10.1. The SMILES string of the molecule is CN(C)c1ccc(CCC(=O)N2CCC(C(=O)O)C2)cc1. The van der Waals surface area contributed by atoms with Crippen LogP contribution < -0.4 is 4.90 Å². The molecule has 0 radical (unpaired) electrons. The lowest BCUT2D eigenvalue weighted by Gasteiger charge is -2.16. The van der Waals surface area contributed by atoms with E-state index in [0.29, 0.717) is 32.4 Å². The van der Waals surface area contributed by atoms with Crippen LogP contribution in [-0.4, -0.2) is 49.1 Å². The second kappa shape index (κ2) is 6.61. The van der Waals surface area contributed by atoms with Gasteiger partial charge in [-0.2, -0.15) is 0 Å². The van der Waals surface area contributed by atoms with Crippen molar-refractivity contribution in [3.63, 3.8) is 0 Å². The average molecular weight is 290 g/mol. The van der Waals surface area contributed by atoms with Gasteiger partial charge < -0.3 is 14.9 Å². The fourth-order valence-electron chi connectivity index (χ4n) is 2.56. The molecule has 2 rings (SSSR count). The zero-order valence-corrected chi connectivity index (χ0v) is 12.6. The molecule has 5 heteroatoms. The molecule has 1 aromatic rings. The van der Waals surface area contributed by atoms with Crippen molar-refractivity contribution in [2.24, 2.45) is 5.92 Å². The van der Waals surface area contributed by atoms with E-state index in [-0.39, 0.29) is 5.91 Å². The van der Waals surface area contributed by atoms with E-state index < -0.39 is 11.9 Å². The van der Waals surface area contributed by atoms with Gasteiger partial charge in [0.1, 0.15) is 0 Å². The maximum absolute atomic E-state index is 12.1. The third kappa shape index (κ3) is 3.97. The first-order chi connectivity index (χ1) is 9.97. The van der Waals surface area contributed by atoms with Crippen LogP contribution in [0.5, 0.6) is 0 Å². The molecular weight excluding hydrogens is 268 g/mol. The Morgan fingerprint density at radius 1 is 1.29 bits per heavy atom. The maximum atomic E-state index is 12.1. The molecule has 1 aromatic carbocycles. The minimum Gasteiger partial charge on any atom is -0.481 e. The summed E-state index contributed by atoms with van der Waals surface area (Å²) in [6.45, 7) is 0.920. The molecule has 5 nitrogen and oxygen atoms in total. The molecule has 1 unspecified atom stereocenters. The Morgan fingerprint density at radius 3 is 2.48 bits per heavy atom. The van der Waals surface area contributed by atoms with Crippen LogP contribution in [0.15, 0.2) is 24.3 Å². The number of hydrogen-bond donors (Lipinski definition) is 1. The standard InChI is InChI=1S/C16H22N2O3/c1-17(2)14-6-3-12(4-7-14)5-8-15(19)18-10-9-13(11-18)16(20)21/h3-4,6-7,13H,5,8-11H2,1-2H3,(H,20,21). The Bertz CT molecular complexity index is 511. The van der Waals surface area contributed by atoms with E-state index in [2.05, 4.69) is 0 Å². The number of carboxylic acid groups (broad SMARTS) is 1. The molecule has 21 heavy (non-hydrogen) atoms. The third-order valence-corrected chi connectivity index (χ3v) is 3.97. The summed E-state index contributed by atoms with van der Waals surface area (Å²) in [4.78, 5) is 26.7. The van der Waals surface area contributed by atoms with Crippen LogP contribution in [0.25, 0.3) is 0 Å². The molecule has 0 saturated carbocycles. The number of aryl methyl sites for hydroxylation is 1. The van der Waals surface area contributed by atoms with E-state index in [0.717, 1.165) is 11.3 Å². The predicted molar refractivity (Wildman–Crippen MR) is 81.4 cm³/mol. The first-order valence-electron chi connectivity index (χ1n) is 7.24. The molecule has 0 spiro atoms. The van der Waals surface area contributed by atoms with E-state index in [1.807, 2.05) is 43.3 Å². The highest BCUT2D eigenvalue weighted by molar-refractivity contribution is 5.79. The minimum atomic E-state index is -0.801. The number of anilines is 1. The molecule has 0 bridgehead atoms. The van der Waals surface area contributed by atoms with Gasteiger partial charge >= 0.3 is 5.97 Å². The van der Waals surface area contributed by atoms with Gasteiger partial charge in [-0.15, -0.1) is 0 Å². The molecule has 1 fully saturated rings. The van der Waals surface area contributed by atoms with Crippen molar-refractivity contribution in [2.45, 2.75) is 19.3 Å². The van der Waals surface area contributed by atoms with E-state index in [9.17, 15) is 9.59 Å². The van der Waals surface area contributed by atoms with Crippen molar-refractivity contribution >= 4 is 17.6 Å². The number of nitrogens with zero attached hydrogens (tertiary/aromatic N) is 2. The second-order valence-electron chi connectivity index (χ2n) is 5.72. The Balaban J connectivity index is 1.83. The number of hydrogen-bond acceptors (Lipinski definition) is 3. The van der Waals surface area contributed by atoms with Crippen molar-refractivity contribution in [1.82, 2.24) is 4.90 Å². The van der Waals surface area contributed by atoms with Crippen LogP contribution in [-0.2, 0) is 16.0 Å². The summed E-state index contributed by atoms with van der Waals surface area (Å²) in [5.41, 5.74) is 2.26. The first-order valence-corrected chi connectivity index (χ1v) is 7.24. The number of likely N-dealkylation sites (tertiary alicyclic amines) is 1. The van der Waals surface area contributed by atoms with Gasteiger partial charge in [-0.25, -0.2) is 0 Å². The maximum Gasteiger partial charge on any atom is 0.308 e. The lowest BCUT2D eigenvalue weighted by Crippen LogP contribution is -2.30. The van der Waals surface area contributed by atoms with Gasteiger partial charge in [-0.1, -0.05) is 12.1 Å². The van der Waals surface area contributed by atoms with Gasteiger partial charge in [0, 0.05) is 39.3 Å². The smallest absolute Gasteiger partial charge is 0.308 e. The largest absolute Gasteiger partial charge is 0.481 e. The van der Waals surface area contributed by atoms with E-state index in [4.69, 9.17) is 5.11 Å². The summed E-state index contributed by atoms with van der Waals surface area (Å²) in [5.74, 6) is -1.15. The molecule has 114 valence electrons. The molecule has 1 heterocycles. The van der Waals surface area contributed by atoms with Crippen LogP contribution in [0.4, 0.5) is 5.69 Å². The van der Waals surface area contributed by atoms with Crippen molar-refractivity contribution in [3.05, 3.63) is 29.8 Å². The van der Waals surface area contributed by atoms with Gasteiger partial charge in [0.2, 0.25) is 5.91 Å². The number of aliphatic carboxylic acids is 1. The summed E-state index contributed by atoms with van der Waals surface area (Å²) >= 11 is 0. The Morgan fingerprint density at radius 2 is 1.95 bits per heavy atom. The number of carbonyl (C=O) groups is 2. The highest BCUT2D eigenvalue weighted by atomic mass is 16.4. The van der Waals surface area contributed by atoms with Crippen LogP contribution >= 0.6 is 0 Å². The molecule has 1 atom stereocenters. The number of benzene rings is 1. The normalized spacial score (nSPS) is 17.8. The lowest BCUT2D eigenvalue weighted by molar-refractivity contribution is -0.141. The van der Waals surface area contributed by atoms with Crippen LogP contribution in [0.1, 0.15) is 18.4 Å². The molecule has 0 aromatic heterocycles. The topological polar surface area (TPSA) is 60.9 Å². The van der Waals surface area contributed by atoms with Crippen molar-refractivity contribution in [1.29, 1.82) is 0 Å². The van der Waals surface area contributed by atoms with Crippen molar-refractivity contribution in [3.8, 4) is 0 Å². The average Bonchev–Trinajstić information content (AvgIpc) is 2.95. The van der Waals surface area contributed by atoms with Gasteiger partial charge in [0.15, 0.2) is 0 Å². The molecule has 1 amide bonds. The Hall–Kier alpha value is -2.04. The molecule has 1 aliphatic rings. The Labute approximate surface area is 125 Å². The van der Waals surface area contributed by atoms with Crippen molar-refractivity contribution in [2.75, 3.05) is 32.1 Å². The first kappa shape index (κ1) is 15.4. The number of amides is 1. The van der Waals surface area contributed by atoms with Gasteiger partial charge in [-0.3, -0.25) is 9.59 Å². The summed E-state index contributed by atoms with van der Waals surface area (Å²) in [6.07, 6.45) is 1.70. The molecular formula is C16H22N2O3. The molecule has 1 aliphatic heterocycles. The van der Waals surface area contributed by atoms with Gasteiger partial charge in [0.25, 0.3) is 0 Å². The minimum absolute atomic E-state index is 0.0513. The predicted octanol–water partition coefficient (Wildman–Crippen LogP) is 1.62. The summed E-state index contributed by atoms with van der Waals surface area (Å²) in [5, 5.41) is 8.95. The van der Waals surface area contributed by atoms with Crippen LogP contribution in [0, 0.1) is 5.92 Å². The second-order valence-corrected chi connectivity index (χ2v) is 5.72. The monoisotopic (exact) mass is 290 g/mol. The number of carboxylic acids is 1. The number of carbonyl (C=O) groups excluding carboxylic acids is 1. The summed E-state index contributed by atoms with van der Waals surface area (Å²) in [6, 6.07) is 8.14. The zero-order chi connectivity index (χ0) is 15.4. The summed E-state index contributed by atoms with van der Waals surface area (Å²) < 4.78 is 0. The summed E-state index contributed by atoms with van der Waals surface area (Å²) in [7, 11) is 3.98. The van der Waals surface area contributed by atoms with E-state index in [1.165, 1.54) is 0 Å². The fourth-order valence-corrected chi connectivity index (χ4v) is 2.56.